The summed E-state index contributed by atoms with van der Waals surface area (Å²) in [6.07, 6.45) is 1.19. The van der Waals surface area contributed by atoms with E-state index in [9.17, 15) is 0 Å². The topological polar surface area (TPSA) is 0 Å². The van der Waals surface area contributed by atoms with Gasteiger partial charge in [-0.25, -0.2) is 0 Å². The van der Waals surface area contributed by atoms with E-state index in [0.717, 1.165) is 5.92 Å². The molecule has 12 heavy (non-hydrogen) atoms. The molecule has 1 rings (SSSR count). The summed E-state index contributed by atoms with van der Waals surface area (Å²) in [6, 6.07) is 6.70. The van der Waals surface area contributed by atoms with Crippen LogP contribution in [-0.4, -0.2) is 0 Å². The molecule has 0 aromatic heterocycles. The van der Waals surface area contributed by atoms with Crippen LogP contribution in [0.15, 0.2) is 18.2 Å². The molecule has 1 aromatic carbocycles. The van der Waals surface area contributed by atoms with Crippen LogP contribution in [0.2, 0.25) is 0 Å². The van der Waals surface area contributed by atoms with E-state index in [4.69, 9.17) is 0 Å². The fourth-order valence-corrected chi connectivity index (χ4v) is 2.05. The minimum Gasteiger partial charge on any atom is -0.0625 e. The van der Waals surface area contributed by atoms with Gasteiger partial charge in [0.15, 0.2) is 0 Å². The first kappa shape index (κ1) is 10.8. The van der Waals surface area contributed by atoms with Crippen LogP contribution in [0.3, 0.4) is 0 Å². The Labute approximate surface area is 101 Å². The number of hydrogen-bond acceptors (Lipinski definition) is 0. The van der Waals surface area contributed by atoms with Gasteiger partial charge in [-0.15, -0.1) is 0 Å². The van der Waals surface area contributed by atoms with Gasteiger partial charge in [0, 0.05) is 7.14 Å². The molecule has 0 aliphatic carbocycles. The molecule has 0 amide bonds. The van der Waals surface area contributed by atoms with Crippen LogP contribution < -0.4 is 0 Å². The second kappa shape index (κ2) is 4.79. The van der Waals surface area contributed by atoms with Gasteiger partial charge >= 0.3 is 0 Å². The third-order valence-electron chi connectivity index (χ3n) is 1.63. The van der Waals surface area contributed by atoms with Crippen molar-refractivity contribution in [1.82, 2.24) is 0 Å². The molecule has 0 aliphatic rings. The first-order valence-electron chi connectivity index (χ1n) is 4.03. The van der Waals surface area contributed by atoms with Gasteiger partial charge in [0.05, 0.1) is 0 Å². The van der Waals surface area contributed by atoms with E-state index >= 15 is 0 Å². The van der Waals surface area contributed by atoms with Gasteiger partial charge in [-0.2, -0.15) is 0 Å². The first-order chi connectivity index (χ1) is 5.59. The van der Waals surface area contributed by atoms with Crippen LogP contribution in [0.1, 0.15) is 19.4 Å². The summed E-state index contributed by atoms with van der Waals surface area (Å²) >= 11 is 4.76. The van der Waals surface area contributed by atoms with E-state index in [1.807, 2.05) is 0 Å². The van der Waals surface area contributed by atoms with Gasteiger partial charge in [0.1, 0.15) is 0 Å². The van der Waals surface area contributed by atoms with Crippen molar-refractivity contribution in [2.45, 2.75) is 20.3 Å². The summed E-state index contributed by atoms with van der Waals surface area (Å²) in [5.41, 5.74) is 1.45. The van der Waals surface area contributed by atoms with E-state index in [1.54, 1.807) is 0 Å². The van der Waals surface area contributed by atoms with Crippen molar-refractivity contribution in [3.63, 3.8) is 0 Å². The lowest BCUT2D eigenvalue weighted by Gasteiger charge is -2.05. The number of rotatable bonds is 2. The van der Waals surface area contributed by atoms with Gasteiger partial charge in [0.25, 0.3) is 0 Å². The fraction of sp³-hybridized carbons (Fsp3) is 0.400. The summed E-state index contributed by atoms with van der Waals surface area (Å²) < 4.78 is 2.71. The fourth-order valence-electron chi connectivity index (χ4n) is 1.14. The molecule has 0 nitrogen and oxygen atoms in total. The van der Waals surface area contributed by atoms with Crippen molar-refractivity contribution in [3.8, 4) is 0 Å². The van der Waals surface area contributed by atoms with Crippen molar-refractivity contribution >= 4 is 45.2 Å². The summed E-state index contributed by atoms with van der Waals surface area (Å²) in [5.74, 6) is 0.751. The van der Waals surface area contributed by atoms with E-state index in [-0.39, 0.29) is 0 Å². The van der Waals surface area contributed by atoms with Gasteiger partial charge < -0.3 is 0 Å². The van der Waals surface area contributed by atoms with Crippen molar-refractivity contribution in [2.75, 3.05) is 0 Å². The highest BCUT2D eigenvalue weighted by Crippen LogP contribution is 2.18. The molecular weight excluding hydrogens is 374 g/mol. The minimum absolute atomic E-state index is 0.751. The summed E-state index contributed by atoms with van der Waals surface area (Å²) in [6.45, 7) is 4.51. The predicted octanol–water partition coefficient (Wildman–Crippen LogP) is 4.09. The molecule has 0 saturated carbocycles. The SMILES string of the molecule is CC(C)Cc1ccc(I)c(I)c1. The highest BCUT2D eigenvalue weighted by molar-refractivity contribution is 14.1. The van der Waals surface area contributed by atoms with E-state index in [2.05, 4.69) is 77.2 Å². The average molecular weight is 386 g/mol. The second-order valence-electron chi connectivity index (χ2n) is 3.35. The molecule has 0 fully saturated rings. The summed E-state index contributed by atoms with van der Waals surface area (Å²) in [7, 11) is 0. The Bertz CT molecular complexity index is 267. The maximum absolute atomic E-state index is 2.39. The Kier molecular flexibility index (Phi) is 4.29. The predicted molar refractivity (Wildman–Crippen MR) is 70.4 cm³/mol. The van der Waals surface area contributed by atoms with Crippen molar-refractivity contribution in [2.24, 2.45) is 5.92 Å². The number of benzene rings is 1. The molecular formula is C10H12I2. The Balaban J connectivity index is 2.82. The van der Waals surface area contributed by atoms with Crippen LogP contribution in [0, 0.1) is 13.1 Å². The third-order valence-corrected chi connectivity index (χ3v) is 4.49. The second-order valence-corrected chi connectivity index (χ2v) is 5.67. The Morgan fingerprint density at radius 1 is 1.17 bits per heavy atom. The van der Waals surface area contributed by atoms with Crippen LogP contribution in [0.25, 0.3) is 0 Å². The molecule has 0 bridgehead atoms. The minimum atomic E-state index is 0.751. The zero-order chi connectivity index (χ0) is 9.14. The van der Waals surface area contributed by atoms with Crippen LogP contribution >= 0.6 is 45.2 Å². The highest BCUT2D eigenvalue weighted by Gasteiger charge is 2.00. The van der Waals surface area contributed by atoms with Gasteiger partial charge in [-0.05, 0) is 75.2 Å². The standard InChI is InChI=1S/C10H12I2/c1-7(2)5-8-3-4-9(11)10(12)6-8/h3-4,6-7H,5H2,1-2H3. The molecule has 0 radical (unpaired) electrons. The van der Waals surface area contributed by atoms with E-state index < -0.39 is 0 Å². The van der Waals surface area contributed by atoms with Crippen molar-refractivity contribution in [3.05, 3.63) is 30.9 Å². The molecule has 0 atom stereocenters. The quantitative estimate of drug-likeness (QED) is 0.672. The Morgan fingerprint density at radius 2 is 1.83 bits per heavy atom. The average Bonchev–Trinajstić information content (AvgIpc) is 1.96. The van der Waals surface area contributed by atoms with Gasteiger partial charge in [0.2, 0.25) is 0 Å². The molecule has 2 heteroatoms. The smallest absolute Gasteiger partial charge is 0.0266 e. The molecule has 0 saturated heterocycles. The first-order valence-corrected chi connectivity index (χ1v) is 6.19. The number of halogens is 2. The normalized spacial score (nSPS) is 10.8. The maximum Gasteiger partial charge on any atom is 0.0266 e. The largest absolute Gasteiger partial charge is 0.0625 e. The van der Waals surface area contributed by atoms with Crippen LogP contribution in [-0.2, 0) is 6.42 Å². The lowest BCUT2D eigenvalue weighted by atomic mass is 10.0. The Morgan fingerprint density at radius 3 is 2.33 bits per heavy atom. The third kappa shape index (κ3) is 3.20. The van der Waals surface area contributed by atoms with Crippen LogP contribution in [0.5, 0.6) is 0 Å². The Hall–Kier alpha value is 0.680. The monoisotopic (exact) mass is 386 g/mol. The molecule has 1 aromatic rings. The zero-order valence-corrected chi connectivity index (χ0v) is 11.6. The van der Waals surface area contributed by atoms with Crippen molar-refractivity contribution in [1.29, 1.82) is 0 Å². The van der Waals surface area contributed by atoms with Crippen molar-refractivity contribution < 1.29 is 0 Å². The summed E-state index contributed by atoms with van der Waals surface area (Å²) in [4.78, 5) is 0. The molecule has 0 spiro atoms. The van der Waals surface area contributed by atoms with Crippen LogP contribution in [0.4, 0.5) is 0 Å². The van der Waals surface area contributed by atoms with Gasteiger partial charge in [-0.3, -0.25) is 0 Å². The summed E-state index contributed by atoms with van der Waals surface area (Å²) in [5, 5.41) is 0. The zero-order valence-electron chi connectivity index (χ0n) is 7.27. The van der Waals surface area contributed by atoms with Gasteiger partial charge in [-0.1, -0.05) is 19.9 Å². The lowest BCUT2D eigenvalue weighted by molar-refractivity contribution is 0.647. The highest BCUT2D eigenvalue weighted by atomic mass is 127. The lowest BCUT2D eigenvalue weighted by Crippen LogP contribution is -1.94. The molecule has 66 valence electrons. The maximum atomic E-state index is 2.39. The molecule has 0 heterocycles. The molecule has 0 aliphatic heterocycles. The molecule has 0 unspecified atom stereocenters. The molecule has 0 N–H and O–H groups in total. The van der Waals surface area contributed by atoms with E-state index in [0.29, 0.717) is 0 Å². The van der Waals surface area contributed by atoms with E-state index in [1.165, 1.54) is 19.1 Å². The number of hydrogen-bond donors (Lipinski definition) is 0.